The van der Waals surface area contributed by atoms with E-state index in [1.54, 1.807) is 22.9 Å². The number of ether oxygens (including phenoxy) is 2. The maximum Gasteiger partial charge on any atom is 0.243 e. The molecular weight excluding hydrogens is 392 g/mol. The molecule has 3 aromatic rings. The molecular formula is C20H20N4O4S. The molecule has 0 radical (unpaired) electrons. The maximum atomic E-state index is 12.9. The smallest absolute Gasteiger partial charge is 0.243 e. The fraction of sp³-hybridized carbons (Fsp3) is 0.300. The second-order valence-electron chi connectivity index (χ2n) is 7.14. The lowest BCUT2D eigenvalue weighted by Gasteiger charge is -2.37. The molecule has 1 saturated heterocycles. The summed E-state index contributed by atoms with van der Waals surface area (Å²) in [5, 5.41) is 8.26. The lowest BCUT2D eigenvalue weighted by atomic mass is 10.2. The molecule has 5 rings (SSSR count). The summed E-state index contributed by atoms with van der Waals surface area (Å²) in [6, 6.07) is 14.5. The third-order valence-corrected chi connectivity index (χ3v) is 7.02. The van der Waals surface area contributed by atoms with Crippen molar-refractivity contribution in [1.29, 1.82) is 0 Å². The zero-order valence-corrected chi connectivity index (χ0v) is 16.5. The number of aromatic nitrogens is 3. The van der Waals surface area contributed by atoms with Crippen molar-refractivity contribution in [3.63, 3.8) is 0 Å². The van der Waals surface area contributed by atoms with E-state index in [9.17, 15) is 8.42 Å². The van der Waals surface area contributed by atoms with Crippen LogP contribution in [0.4, 0.5) is 0 Å². The molecule has 0 spiro atoms. The molecule has 29 heavy (non-hydrogen) atoms. The van der Waals surface area contributed by atoms with Crippen molar-refractivity contribution in [2.24, 2.45) is 0 Å². The molecule has 0 saturated carbocycles. The van der Waals surface area contributed by atoms with Gasteiger partial charge in [0, 0.05) is 19.5 Å². The molecule has 0 amide bonds. The van der Waals surface area contributed by atoms with E-state index in [1.807, 2.05) is 36.5 Å². The summed E-state index contributed by atoms with van der Waals surface area (Å²) < 4.78 is 40.1. The number of fused-ring (bicyclic) bond motifs is 1. The molecule has 0 N–H and O–H groups in total. The van der Waals surface area contributed by atoms with Crippen LogP contribution in [-0.2, 0) is 23.1 Å². The first kappa shape index (κ1) is 18.1. The normalized spacial score (nSPS) is 16.8. The number of para-hydroxylation sites is 1. The van der Waals surface area contributed by atoms with Crippen LogP contribution in [0, 0.1) is 0 Å². The Morgan fingerprint density at radius 3 is 2.79 bits per heavy atom. The fourth-order valence-corrected chi connectivity index (χ4v) is 5.05. The van der Waals surface area contributed by atoms with Crippen LogP contribution in [0.1, 0.15) is 17.3 Å². The van der Waals surface area contributed by atoms with Crippen LogP contribution < -0.4 is 9.47 Å². The van der Waals surface area contributed by atoms with Gasteiger partial charge in [-0.15, -0.1) is 5.10 Å². The summed E-state index contributed by atoms with van der Waals surface area (Å²) in [6.07, 6.45) is 2.55. The quantitative estimate of drug-likeness (QED) is 0.616. The Balaban J connectivity index is 1.21. The number of nitrogens with zero attached hydrogens (tertiary/aromatic N) is 4. The van der Waals surface area contributed by atoms with Crippen molar-refractivity contribution >= 4 is 10.0 Å². The third-order valence-electron chi connectivity index (χ3n) is 5.19. The standard InChI is InChI=1S/C20H20N4O4S/c25-29(26,19-6-7-20-15(10-19)8-9-27-20)23-12-17(13-23)24-11-16(21-22-24)14-28-18-4-2-1-3-5-18/h1-7,10-11,17H,8-9,12-14H2. The van der Waals surface area contributed by atoms with Gasteiger partial charge in [0.25, 0.3) is 0 Å². The van der Waals surface area contributed by atoms with Gasteiger partial charge in [0.1, 0.15) is 23.8 Å². The third kappa shape index (κ3) is 3.47. The Kier molecular flexibility index (Phi) is 4.48. The summed E-state index contributed by atoms with van der Waals surface area (Å²) >= 11 is 0. The molecule has 150 valence electrons. The molecule has 9 heteroatoms. The van der Waals surface area contributed by atoms with E-state index in [4.69, 9.17) is 9.47 Å². The van der Waals surface area contributed by atoms with Gasteiger partial charge in [0.15, 0.2) is 0 Å². The minimum atomic E-state index is -3.51. The molecule has 3 heterocycles. The van der Waals surface area contributed by atoms with Crippen molar-refractivity contribution in [2.45, 2.75) is 24.0 Å². The Morgan fingerprint density at radius 1 is 1.14 bits per heavy atom. The maximum absolute atomic E-state index is 12.9. The van der Waals surface area contributed by atoms with Gasteiger partial charge in [-0.1, -0.05) is 23.4 Å². The molecule has 1 aromatic heterocycles. The lowest BCUT2D eigenvalue weighted by molar-refractivity contribution is 0.188. The van der Waals surface area contributed by atoms with E-state index in [1.165, 1.54) is 4.31 Å². The second-order valence-corrected chi connectivity index (χ2v) is 9.07. The number of benzene rings is 2. The minimum Gasteiger partial charge on any atom is -0.493 e. The van der Waals surface area contributed by atoms with Gasteiger partial charge in [0.05, 0.1) is 23.7 Å². The molecule has 2 aromatic carbocycles. The highest BCUT2D eigenvalue weighted by Gasteiger charge is 2.38. The van der Waals surface area contributed by atoms with E-state index in [-0.39, 0.29) is 6.04 Å². The minimum absolute atomic E-state index is 0.0273. The highest BCUT2D eigenvalue weighted by atomic mass is 32.2. The van der Waals surface area contributed by atoms with E-state index >= 15 is 0 Å². The van der Waals surface area contributed by atoms with Crippen LogP contribution in [0.5, 0.6) is 11.5 Å². The molecule has 8 nitrogen and oxygen atoms in total. The predicted molar refractivity (Wildman–Crippen MR) is 104 cm³/mol. The Hall–Kier alpha value is -2.91. The molecule has 0 aliphatic carbocycles. The SMILES string of the molecule is O=S(=O)(c1ccc2c(c1)CCO2)N1CC(n2cc(COc3ccccc3)nn2)C1. The fourth-order valence-electron chi connectivity index (χ4n) is 3.48. The summed E-state index contributed by atoms with van der Waals surface area (Å²) in [4.78, 5) is 0.316. The van der Waals surface area contributed by atoms with E-state index in [0.717, 1.165) is 23.5 Å². The van der Waals surface area contributed by atoms with Crippen molar-refractivity contribution in [1.82, 2.24) is 19.3 Å². The first-order chi connectivity index (χ1) is 14.1. The molecule has 0 atom stereocenters. The summed E-state index contributed by atoms with van der Waals surface area (Å²) in [7, 11) is -3.51. The van der Waals surface area contributed by atoms with Crippen LogP contribution >= 0.6 is 0 Å². The number of hydrogen-bond acceptors (Lipinski definition) is 6. The molecule has 0 unspecified atom stereocenters. The van der Waals surface area contributed by atoms with Gasteiger partial charge in [-0.25, -0.2) is 13.1 Å². The van der Waals surface area contributed by atoms with Crippen LogP contribution in [0.2, 0.25) is 0 Å². The Labute approximate surface area is 168 Å². The predicted octanol–water partition coefficient (Wildman–Crippen LogP) is 2.04. The van der Waals surface area contributed by atoms with Crippen molar-refractivity contribution in [2.75, 3.05) is 19.7 Å². The average molecular weight is 412 g/mol. The van der Waals surface area contributed by atoms with Crippen LogP contribution in [0.25, 0.3) is 0 Å². The highest BCUT2D eigenvalue weighted by Crippen LogP contribution is 2.32. The molecule has 1 fully saturated rings. The molecule has 2 aliphatic heterocycles. The number of rotatable bonds is 6. The number of sulfonamides is 1. The van der Waals surface area contributed by atoms with Gasteiger partial charge in [-0.3, -0.25) is 0 Å². The molecule has 0 bridgehead atoms. The van der Waals surface area contributed by atoms with Gasteiger partial charge >= 0.3 is 0 Å². The lowest BCUT2D eigenvalue weighted by Crippen LogP contribution is -2.50. The van der Waals surface area contributed by atoms with Gasteiger partial charge in [-0.05, 0) is 35.9 Å². The van der Waals surface area contributed by atoms with E-state index in [2.05, 4.69) is 10.3 Å². The number of hydrogen-bond donors (Lipinski definition) is 0. The second kappa shape index (κ2) is 7.16. The summed E-state index contributed by atoms with van der Waals surface area (Å²) in [5.41, 5.74) is 1.65. The Morgan fingerprint density at radius 2 is 1.97 bits per heavy atom. The highest BCUT2D eigenvalue weighted by molar-refractivity contribution is 7.89. The molecule has 2 aliphatic rings. The monoisotopic (exact) mass is 412 g/mol. The van der Waals surface area contributed by atoms with Gasteiger partial charge < -0.3 is 9.47 Å². The van der Waals surface area contributed by atoms with E-state index in [0.29, 0.717) is 36.9 Å². The summed E-state index contributed by atoms with van der Waals surface area (Å²) in [5.74, 6) is 1.54. The van der Waals surface area contributed by atoms with Crippen LogP contribution in [-0.4, -0.2) is 47.4 Å². The summed E-state index contributed by atoms with van der Waals surface area (Å²) in [6.45, 7) is 1.67. The zero-order chi connectivity index (χ0) is 19.8. The van der Waals surface area contributed by atoms with Crippen molar-refractivity contribution in [3.05, 3.63) is 66.0 Å². The van der Waals surface area contributed by atoms with Gasteiger partial charge in [0.2, 0.25) is 10.0 Å². The van der Waals surface area contributed by atoms with E-state index < -0.39 is 10.0 Å². The van der Waals surface area contributed by atoms with Gasteiger partial charge in [-0.2, -0.15) is 4.31 Å². The van der Waals surface area contributed by atoms with Crippen LogP contribution in [0.15, 0.2) is 59.6 Å². The average Bonchev–Trinajstić information content (AvgIpc) is 3.34. The first-order valence-electron chi connectivity index (χ1n) is 9.44. The van der Waals surface area contributed by atoms with Crippen molar-refractivity contribution < 1.29 is 17.9 Å². The largest absolute Gasteiger partial charge is 0.493 e. The van der Waals surface area contributed by atoms with Crippen LogP contribution in [0.3, 0.4) is 0 Å². The topological polar surface area (TPSA) is 86.6 Å². The van der Waals surface area contributed by atoms with Crippen molar-refractivity contribution in [3.8, 4) is 11.5 Å². The Bertz CT molecular complexity index is 1120. The zero-order valence-electron chi connectivity index (χ0n) is 15.6. The first-order valence-corrected chi connectivity index (χ1v) is 10.9.